The lowest BCUT2D eigenvalue weighted by molar-refractivity contribution is 0.626. The van der Waals surface area contributed by atoms with E-state index in [0.717, 1.165) is 0 Å². The molecule has 0 spiro atoms. The van der Waals surface area contributed by atoms with Crippen molar-refractivity contribution < 1.29 is 7.13 Å². The van der Waals surface area contributed by atoms with E-state index >= 15 is 0 Å². The molecule has 0 aliphatic heterocycles. The maximum atomic E-state index is 13.0. The number of rotatable bonds is 2. The fourth-order valence-corrected chi connectivity index (χ4v) is 1.13. The van der Waals surface area contributed by atoms with Crippen LogP contribution >= 0.6 is 0 Å². The summed E-state index contributed by atoms with van der Waals surface area (Å²) >= 11 is 0. The molecule has 0 fully saturated rings. The van der Waals surface area contributed by atoms with E-state index in [9.17, 15) is 4.39 Å². The third kappa shape index (κ3) is 1.96. The van der Waals surface area contributed by atoms with Crippen LogP contribution in [0.3, 0.4) is 0 Å². The molecule has 2 heteroatoms. The lowest BCUT2D eigenvalue weighted by Crippen LogP contribution is -1.86. The van der Waals surface area contributed by atoms with Gasteiger partial charge >= 0.3 is 0 Å². The van der Waals surface area contributed by atoms with Crippen molar-refractivity contribution in [3.05, 3.63) is 59.7 Å². The molecule has 1 aromatic heterocycles. The normalized spacial score (nSPS) is 13.6. The Hall–Kier alpha value is -1.57. The van der Waals surface area contributed by atoms with Gasteiger partial charge in [-0.25, -0.2) is 4.39 Å². The van der Waals surface area contributed by atoms with E-state index in [1.54, 1.807) is 24.5 Å². The smallest absolute Gasteiger partial charge is 0.123 e. The first-order valence-electron chi connectivity index (χ1n) is 5.00. The van der Waals surface area contributed by atoms with E-state index in [1.165, 1.54) is 18.2 Å². The number of aromatic amines is 1. The number of H-pyrrole nitrogens is 1. The Kier molecular flexibility index (Phi) is 1.58. The maximum absolute atomic E-state index is 13.0. The minimum absolute atomic E-state index is 0.321. The van der Waals surface area contributed by atoms with Gasteiger partial charge in [0.05, 0.1) is 0 Å². The lowest BCUT2D eigenvalue weighted by atomic mass is 10.1. The van der Waals surface area contributed by atoms with E-state index in [4.69, 9.17) is 2.74 Å². The highest BCUT2D eigenvalue weighted by atomic mass is 19.1. The Morgan fingerprint density at radius 3 is 2.92 bits per heavy atom. The number of hydrogen-bond donors (Lipinski definition) is 1. The molecular weight excluding hydrogens is 165 g/mol. The third-order valence-corrected chi connectivity index (χ3v) is 1.71. The molecule has 1 heterocycles. The topological polar surface area (TPSA) is 15.8 Å². The van der Waals surface area contributed by atoms with Gasteiger partial charge in [-0.2, -0.15) is 0 Å². The van der Waals surface area contributed by atoms with E-state index in [0.29, 0.717) is 11.1 Å². The largest absolute Gasteiger partial charge is 0.367 e. The molecule has 2 rings (SSSR count). The Bertz CT molecular complexity index is 451. The van der Waals surface area contributed by atoms with E-state index < -0.39 is 12.2 Å². The summed E-state index contributed by atoms with van der Waals surface area (Å²) in [6, 6.07) is 7.25. The van der Waals surface area contributed by atoms with E-state index in [-0.39, 0.29) is 0 Å². The summed E-state index contributed by atoms with van der Waals surface area (Å²) in [4.78, 5) is 2.79. The molecule has 0 atom stereocenters. The van der Waals surface area contributed by atoms with Gasteiger partial charge in [-0.1, -0.05) is 12.1 Å². The maximum Gasteiger partial charge on any atom is 0.123 e. The zero-order valence-corrected chi connectivity index (χ0v) is 6.92. The molecule has 0 aliphatic rings. The van der Waals surface area contributed by atoms with Crippen LogP contribution in [0.2, 0.25) is 0 Å². The molecule has 1 N–H and O–H groups in total. The molecule has 1 aromatic carbocycles. The first-order chi connectivity index (χ1) is 7.10. The third-order valence-electron chi connectivity index (χ3n) is 1.71. The average molecular weight is 177 g/mol. The van der Waals surface area contributed by atoms with Gasteiger partial charge in [0, 0.05) is 15.1 Å². The molecule has 2 aromatic rings. The predicted molar refractivity (Wildman–Crippen MR) is 50.0 cm³/mol. The molecule has 0 radical (unpaired) electrons. The first-order valence-corrected chi connectivity index (χ1v) is 4.00. The van der Waals surface area contributed by atoms with Crippen LogP contribution in [-0.4, -0.2) is 4.98 Å². The van der Waals surface area contributed by atoms with E-state index in [2.05, 4.69) is 4.98 Å². The molecule has 0 aliphatic carbocycles. The molecule has 0 bridgehead atoms. The SMILES string of the molecule is [2H]C([2H])(c1cc[nH]c1)c1cccc(F)c1. The summed E-state index contributed by atoms with van der Waals surface area (Å²) in [6.07, 6.45) is 1.56. The highest BCUT2D eigenvalue weighted by Crippen LogP contribution is 2.09. The molecule has 0 unspecified atom stereocenters. The highest BCUT2D eigenvalue weighted by molar-refractivity contribution is 5.24. The summed E-state index contributed by atoms with van der Waals surface area (Å²) in [7, 11) is 0. The van der Waals surface area contributed by atoms with Gasteiger partial charge in [0.15, 0.2) is 0 Å². The van der Waals surface area contributed by atoms with Crippen LogP contribution in [0, 0.1) is 5.82 Å². The monoisotopic (exact) mass is 177 g/mol. The zero-order valence-electron chi connectivity index (χ0n) is 8.92. The molecule has 1 nitrogen and oxygen atoms in total. The summed E-state index contributed by atoms with van der Waals surface area (Å²) in [5.41, 5.74) is 0.815. The van der Waals surface area contributed by atoms with E-state index in [1.807, 2.05) is 0 Å². The van der Waals surface area contributed by atoms with Gasteiger partial charge in [0.2, 0.25) is 0 Å². The summed E-state index contributed by atoms with van der Waals surface area (Å²) in [6.45, 7) is 0. The molecule has 0 saturated carbocycles. The Morgan fingerprint density at radius 1 is 1.31 bits per heavy atom. The van der Waals surface area contributed by atoms with Crippen molar-refractivity contribution in [1.29, 1.82) is 0 Å². The second-order valence-electron chi connectivity index (χ2n) is 2.74. The standard InChI is InChI=1S/C11H10FN/c12-11-3-1-2-9(7-11)6-10-4-5-13-8-10/h1-5,7-8,13H,6H2/i6D2. The van der Waals surface area contributed by atoms with Gasteiger partial charge in [0.25, 0.3) is 0 Å². The van der Waals surface area contributed by atoms with Crippen molar-refractivity contribution in [2.45, 2.75) is 6.37 Å². The zero-order chi connectivity index (χ0) is 10.9. The predicted octanol–water partition coefficient (Wildman–Crippen LogP) is 2.74. The van der Waals surface area contributed by atoms with Crippen molar-refractivity contribution in [2.75, 3.05) is 0 Å². The van der Waals surface area contributed by atoms with Crippen LogP contribution in [0.25, 0.3) is 0 Å². The number of benzene rings is 1. The van der Waals surface area contributed by atoms with Gasteiger partial charge in [-0.3, -0.25) is 0 Å². The minimum atomic E-state index is -1.66. The van der Waals surface area contributed by atoms with Crippen LogP contribution in [0.1, 0.15) is 13.9 Å². The number of halogens is 1. The van der Waals surface area contributed by atoms with Gasteiger partial charge in [0.1, 0.15) is 5.82 Å². The van der Waals surface area contributed by atoms with Crippen LogP contribution in [0.15, 0.2) is 42.7 Å². The van der Waals surface area contributed by atoms with Crippen molar-refractivity contribution in [3.8, 4) is 0 Å². The van der Waals surface area contributed by atoms with Gasteiger partial charge < -0.3 is 4.98 Å². The summed E-state index contributed by atoms with van der Waals surface area (Å²) < 4.78 is 28.8. The number of hydrogen-bond acceptors (Lipinski definition) is 0. The summed E-state index contributed by atoms with van der Waals surface area (Å²) in [5, 5.41) is 0. The first kappa shape index (κ1) is 5.97. The second-order valence-corrected chi connectivity index (χ2v) is 2.74. The lowest BCUT2D eigenvalue weighted by Gasteiger charge is -1.98. The Balaban J connectivity index is 2.46. The Morgan fingerprint density at radius 2 is 2.23 bits per heavy atom. The van der Waals surface area contributed by atoms with Crippen LogP contribution in [0.4, 0.5) is 4.39 Å². The van der Waals surface area contributed by atoms with Gasteiger partial charge in [-0.15, -0.1) is 0 Å². The van der Waals surface area contributed by atoms with Crippen molar-refractivity contribution in [1.82, 2.24) is 4.98 Å². The van der Waals surface area contributed by atoms with Crippen LogP contribution in [0.5, 0.6) is 0 Å². The second kappa shape index (κ2) is 3.44. The number of aromatic nitrogens is 1. The van der Waals surface area contributed by atoms with Crippen LogP contribution < -0.4 is 0 Å². The quantitative estimate of drug-likeness (QED) is 0.726. The van der Waals surface area contributed by atoms with Crippen LogP contribution in [-0.2, 0) is 6.37 Å². The highest BCUT2D eigenvalue weighted by Gasteiger charge is 1.97. The molecule has 0 amide bonds. The van der Waals surface area contributed by atoms with Crippen molar-refractivity contribution >= 4 is 0 Å². The van der Waals surface area contributed by atoms with Crippen molar-refractivity contribution in [3.63, 3.8) is 0 Å². The fraction of sp³-hybridized carbons (Fsp3) is 0.0909. The molecule has 66 valence electrons. The summed E-state index contributed by atoms with van der Waals surface area (Å²) in [5.74, 6) is -0.424. The Labute approximate surface area is 79.0 Å². The molecular formula is C11H10FN. The minimum Gasteiger partial charge on any atom is -0.367 e. The molecule has 0 saturated heterocycles. The average Bonchev–Trinajstić information content (AvgIpc) is 2.71. The molecule has 13 heavy (non-hydrogen) atoms. The number of nitrogens with one attached hydrogen (secondary N) is 1. The fourth-order valence-electron chi connectivity index (χ4n) is 1.13. The van der Waals surface area contributed by atoms with Gasteiger partial charge in [-0.05, 0) is 35.7 Å². The van der Waals surface area contributed by atoms with Crippen molar-refractivity contribution in [2.24, 2.45) is 0 Å².